The van der Waals surface area contributed by atoms with Crippen LogP contribution in [0, 0.1) is 5.41 Å². The number of hydrogen-bond donors (Lipinski definition) is 1. The molecule has 0 amide bonds. The standard InChI is InChI=1S/C14H26N2O2S/c1-11(15-5-3-12(17)4-6-15)7-13-14(10-18-13)8-16(9-14)19-2/h11-13,17H,3-10H2,1-2H3. The number of hydrogen-bond acceptors (Lipinski definition) is 5. The largest absolute Gasteiger partial charge is 0.393 e. The minimum Gasteiger partial charge on any atom is -0.393 e. The Balaban J connectivity index is 1.46. The van der Waals surface area contributed by atoms with Crippen LogP contribution in [-0.2, 0) is 4.74 Å². The molecule has 0 bridgehead atoms. The molecule has 0 aromatic carbocycles. The Hall–Kier alpha value is 0.190. The van der Waals surface area contributed by atoms with Crippen molar-refractivity contribution in [2.75, 3.05) is 39.0 Å². The van der Waals surface area contributed by atoms with Crippen molar-refractivity contribution in [3.05, 3.63) is 0 Å². The monoisotopic (exact) mass is 286 g/mol. The summed E-state index contributed by atoms with van der Waals surface area (Å²) in [5.74, 6) is 0. The summed E-state index contributed by atoms with van der Waals surface area (Å²) < 4.78 is 8.28. The third-order valence-electron chi connectivity index (χ3n) is 5.17. The molecule has 3 aliphatic heterocycles. The minimum absolute atomic E-state index is 0.0727. The number of nitrogens with zero attached hydrogens (tertiary/aromatic N) is 2. The number of aliphatic hydroxyl groups is 1. The van der Waals surface area contributed by atoms with Crippen molar-refractivity contribution in [3.8, 4) is 0 Å². The van der Waals surface area contributed by atoms with Gasteiger partial charge in [-0.25, -0.2) is 4.31 Å². The average Bonchev–Trinajstić information content (AvgIpc) is 2.34. The maximum absolute atomic E-state index is 9.58. The second-order valence-electron chi connectivity index (χ2n) is 6.49. The molecule has 1 N–H and O–H groups in total. The highest BCUT2D eigenvalue weighted by Gasteiger charge is 2.56. The van der Waals surface area contributed by atoms with Crippen molar-refractivity contribution in [3.63, 3.8) is 0 Å². The van der Waals surface area contributed by atoms with Gasteiger partial charge in [-0.3, -0.25) is 0 Å². The summed E-state index contributed by atoms with van der Waals surface area (Å²) in [4.78, 5) is 2.52. The summed E-state index contributed by atoms with van der Waals surface area (Å²) in [6.45, 7) is 7.75. The van der Waals surface area contributed by atoms with Crippen molar-refractivity contribution in [2.24, 2.45) is 5.41 Å². The van der Waals surface area contributed by atoms with Gasteiger partial charge in [-0.15, -0.1) is 0 Å². The molecule has 3 heterocycles. The molecule has 0 aromatic rings. The molecule has 0 saturated carbocycles. The summed E-state index contributed by atoms with van der Waals surface area (Å²) in [6, 6.07) is 0.581. The van der Waals surface area contributed by atoms with Crippen LogP contribution < -0.4 is 0 Å². The Kier molecular flexibility index (Phi) is 4.11. The van der Waals surface area contributed by atoms with E-state index in [1.54, 1.807) is 0 Å². The lowest BCUT2D eigenvalue weighted by atomic mass is 9.71. The van der Waals surface area contributed by atoms with Gasteiger partial charge in [0.1, 0.15) is 0 Å². The summed E-state index contributed by atoms with van der Waals surface area (Å²) in [6.07, 6.45) is 5.55. The molecular weight excluding hydrogens is 260 g/mol. The lowest BCUT2D eigenvalue weighted by Crippen LogP contribution is -2.69. The van der Waals surface area contributed by atoms with Gasteiger partial charge in [0.15, 0.2) is 0 Å². The van der Waals surface area contributed by atoms with Crippen molar-refractivity contribution in [1.82, 2.24) is 9.21 Å². The molecule has 3 fully saturated rings. The topological polar surface area (TPSA) is 35.9 Å². The van der Waals surface area contributed by atoms with Gasteiger partial charge in [0.05, 0.1) is 18.8 Å². The lowest BCUT2D eigenvalue weighted by molar-refractivity contribution is -0.234. The maximum Gasteiger partial charge on any atom is 0.0693 e. The zero-order valence-electron chi connectivity index (χ0n) is 12.0. The molecule has 19 heavy (non-hydrogen) atoms. The summed E-state index contributed by atoms with van der Waals surface area (Å²) in [5.41, 5.74) is 0.465. The van der Waals surface area contributed by atoms with E-state index in [0.717, 1.165) is 39.0 Å². The fraction of sp³-hybridized carbons (Fsp3) is 1.00. The summed E-state index contributed by atoms with van der Waals surface area (Å²) in [5, 5.41) is 9.58. The van der Waals surface area contributed by atoms with E-state index in [1.807, 2.05) is 11.9 Å². The van der Waals surface area contributed by atoms with E-state index >= 15 is 0 Å². The van der Waals surface area contributed by atoms with Gasteiger partial charge in [-0.05, 0) is 32.4 Å². The normalized spacial score (nSPS) is 33.9. The smallest absolute Gasteiger partial charge is 0.0693 e. The van der Waals surface area contributed by atoms with E-state index in [4.69, 9.17) is 4.74 Å². The van der Waals surface area contributed by atoms with Gasteiger partial charge in [-0.2, -0.15) is 0 Å². The van der Waals surface area contributed by atoms with Crippen LogP contribution in [0.5, 0.6) is 0 Å². The van der Waals surface area contributed by atoms with Crippen LogP contribution in [0.1, 0.15) is 26.2 Å². The first-order valence-electron chi connectivity index (χ1n) is 7.46. The van der Waals surface area contributed by atoms with Gasteiger partial charge < -0.3 is 14.7 Å². The quantitative estimate of drug-likeness (QED) is 0.786. The predicted octanol–water partition coefficient (Wildman–Crippen LogP) is 1.20. The van der Waals surface area contributed by atoms with E-state index < -0.39 is 0 Å². The van der Waals surface area contributed by atoms with E-state index in [2.05, 4.69) is 22.4 Å². The minimum atomic E-state index is -0.0727. The summed E-state index contributed by atoms with van der Waals surface area (Å²) >= 11 is 1.85. The molecule has 3 rings (SSSR count). The second kappa shape index (κ2) is 5.53. The number of likely N-dealkylation sites (tertiary alicyclic amines) is 1. The Morgan fingerprint density at radius 3 is 2.58 bits per heavy atom. The lowest BCUT2D eigenvalue weighted by Gasteiger charge is -2.60. The Morgan fingerprint density at radius 1 is 1.37 bits per heavy atom. The molecule has 2 unspecified atom stereocenters. The molecule has 5 heteroatoms. The van der Waals surface area contributed by atoms with Crippen LogP contribution in [0.3, 0.4) is 0 Å². The molecular formula is C14H26N2O2S. The fourth-order valence-corrected chi connectivity index (χ4v) is 4.39. The third-order valence-corrected chi connectivity index (χ3v) is 5.95. The van der Waals surface area contributed by atoms with Gasteiger partial charge in [0, 0.05) is 37.6 Å². The van der Waals surface area contributed by atoms with E-state index in [1.165, 1.54) is 13.1 Å². The van der Waals surface area contributed by atoms with Crippen LogP contribution in [0.25, 0.3) is 0 Å². The van der Waals surface area contributed by atoms with Crippen molar-refractivity contribution >= 4 is 11.9 Å². The third kappa shape index (κ3) is 2.68. The Morgan fingerprint density at radius 2 is 2.05 bits per heavy atom. The maximum atomic E-state index is 9.58. The SMILES string of the molecule is CSN1CC2(COC2CC(C)N2CCC(O)CC2)C1. The number of rotatable bonds is 4. The van der Waals surface area contributed by atoms with Gasteiger partial charge in [0.25, 0.3) is 0 Å². The van der Waals surface area contributed by atoms with Crippen molar-refractivity contribution in [2.45, 2.75) is 44.4 Å². The highest BCUT2D eigenvalue weighted by Crippen LogP contribution is 2.47. The first-order chi connectivity index (χ1) is 9.13. The highest BCUT2D eigenvalue weighted by molar-refractivity contribution is 7.96. The van der Waals surface area contributed by atoms with Gasteiger partial charge in [-0.1, -0.05) is 11.9 Å². The molecule has 3 saturated heterocycles. The molecule has 3 aliphatic rings. The van der Waals surface area contributed by atoms with Crippen LogP contribution in [-0.4, -0.2) is 71.6 Å². The molecule has 0 aromatic heterocycles. The van der Waals surface area contributed by atoms with E-state index in [-0.39, 0.29) is 6.10 Å². The van der Waals surface area contributed by atoms with Gasteiger partial charge in [0.2, 0.25) is 0 Å². The molecule has 0 radical (unpaired) electrons. The molecule has 0 aliphatic carbocycles. The molecule has 4 nitrogen and oxygen atoms in total. The van der Waals surface area contributed by atoms with Crippen molar-refractivity contribution in [1.29, 1.82) is 0 Å². The van der Waals surface area contributed by atoms with E-state index in [9.17, 15) is 5.11 Å². The second-order valence-corrected chi connectivity index (χ2v) is 7.38. The molecule has 2 atom stereocenters. The summed E-state index contributed by atoms with van der Waals surface area (Å²) in [7, 11) is 0. The van der Waals surface area contributed by atoms with Gasteiger partial charge >= 0.3 is 0 Å². The number of piperidine rings is 1. The van der Waals surface area contributed by atoms with Crippen molar-refractivity contribution < 1.29 is 9.84 Å². The Bertz CT molecular complexity index is 315. The van der Waals surface area contributed by atoms with Crippen LogP contribution in [0.4, 0.5) is 0 Å². The fourth-order valence-electron chi connectivity index (χ4n) is 3.62. The first kappa shape index (κ1) is 14.1. The first-order valence-corrected chi connectivity index (χ1v) is 8.64. The predicted molar refractivity (Wildman–Crippen MR) is 78.2 cm³/mol. The highest BCUT2D eigenvalue weighted by atomic mass is 32.2. The Labute approximate surface area is 120 Å². The average molecular weight is 286 g/mol. The molecule has 110 valence electrons. The van der Waals surface area contributed by atoms with Crippen LogP contribution in [0.2, 0.25) is 0 Å². The number of aliphatic hydroxyl groups excluding tert-OH is 1. The van der Waals surface area contributed by atoms with E-state index in [0.29, 0.717) is 17.6 Å². The van der Waals surface area contributed by atoms with Crippen LogP contribution >= 0.6 is 11.9 Å². The van der Waals surface area contributed by atoms with Crippen LogP contribution in [0.15, 0.2) is 0 Å². The molecule has 1 spiro atoms. The zero-order valence-corrected chi connectivity index (χ0v) is 12.9. The zero-order chi connectivity index (χ0) is 13.5. The number of ether oxygens (including phenoxy) is 1.